The molecule has 8 heteroatoms. The van der Waals surface area contributed by atoms with Crippen LogP contribution in [-0.4, -0.2) is 45.3 Å². The predicted molar refractivity (Wildman–Crippen MR) is 91.4 cm³/mol. The fourth-order valence-corrected chi connectivity index (χ4v) is 2.11. The van der Waals surface area contributed by atoms with Crippen LogP contribution in [0.1, 0.15) is 33.0 Å². The summed E-state index contributed by atoms with van der Waals surface area (Å²) in [6, 6.07) is 5.51. The van der Waals surface area contributed by atoms with Crippen molar-refractivity contribution in [2.75, 3.05) is 19.0 Å². The van der Waals surface area contributed by atoms with Crippen LogP contribution in [-0.2, 0) is 4.79 Å². The number of aryl methyl sites for hydroxylation is 1. The normalized spacial score (nSPS) is 11.2. The zero-order valence-corrected chi connectivity index (χ0v) is 14.8. The number of ether oxygens (including phenoxy) is 1. The molecule has 1 amide bonds. The lowest BCUT2D eigenvalue weighted by Crippen LogP contribution is -2.45. The van der Waals surface area contributed by atoms with E-state index >= 15 is 0 Å². The van der Waals surface area contributed by atoms with E-state index in [4.69, 9.17) is 4.74 Å². The van der Waals surface area contributed by atoms with Gasteiger partial charge < -0.3 is 15.4 Å². The third kappa shape index (κ3) is 4.21. The molecule has 0 fully saturated rings. The van der Waals surface area contributed by atoms with Crippen molar-refractivity contribution in [1.82, 2.24) is 25.5 Å². The summed E-state index contributed by atoms with van der Waals surface area (Å²) < 4.78 is 6.95. The summed E-state index contributed by atoms with van der Waals surface area (Å²) in [5, 5.41) is 17.6. The standard InChI is InChI=1S/C16H24N6O2/c1-6-16(3,4)18-15(23)10-17-12-7-8-14(24-5)13(9-12)22-11(2)19-20-21-22/h7-9,17H,6,10H2,1-5H3,(H,18,23). The highest BCUT2D eigenvalue weighted by Crippen LogP contribution is 2.26. The number of hydrogen-bond acceptors (Lipinski definition) is 6. The Kier molecular flexibility index (Phi) is 5.38. The Balaban J connectivity index is 2.12. The van der Waals surface area contributed by atoms with Gasteiger partial charge in [-0.3, -0.25) is 4.79 Å². The molecular formula is C16H24N6O2. The molecular weight excluding hydrogens is 308 g/mol. The van der Waals surface area contributed by atoms with Crippen LogP contribution < -0.4 is 15.4 Å². The van der Waals surface area contributed by atoms with Crippen LogP contribution in [0.5, 0.6) is 5.75 Å². The van der Waals surface area contributed by atoms with Gasteiger partial charge in [-0.15, -0.1) is 5.10 Å². The molecule has 0 radical (unpaired) electrons. The van der Waals surface area contributed by atoms with Crippen molar-refractivity contribution in [3.63, 3.8) is 0 Å². The highest BCUT2D eigenvalue weighted by molar-refractivity contribution is 5.81. The van der Waals surface area contributed by atoms with E-state index in [1.54, 1.807) is 18.7 Å². The predicted octanol–water partition coefficient (Wildman–Crippen LogP) is 1.70. The number of tetrazole rings is 1. The van der Waals surface area contributed by atoms with Gasteiger partial charge in [-0.2, -0.15) is 4.68 Å². The van der Waals surface area contributed by atoms with E-state index in [2.05, 4.69) is 26.2 Å². The molecule has 1 heterocycles. The van der Waals surface area contributed by atoms with Crippen molar-refractivity contribution in [1.29, 1.82) is 0 Å². The number of hydrogen-bond donors (Lipinski definition) is 2. The maximum Gasteiger partial charge on any atom is 0.239 e. The summed E-state index contributed by atoms with van der Waals surface area (Å²) >= 11 is 0. The molecule has 0 saturated heterocycles. The number of rotatable bonds is 7. The van der Waals surface area contributed by atoms with Gasteiger partial charge in [0.2, 0.25) is 5.91 Å². The van der Waals surface area contributed by atoms with Crippen molar-refractivity contribution in [2.24, 2.45) is 0 Å². The minimum atomic E-state index is -0.215. The van der Waals surface area contributed by atoms with Crippen LogP contribution in [0.4, 0.5) is 5.69 Å². The molecule has 8 nitrogen and oxygen atoms in total. The van der Waals surface area contributed by atoms with Crippen LogP contribution in [0.2, 0.25) is 0 Å². The van der Waals surface area contributed by atoms with Crippen molar-refractivity contribution >= 4 is 11.6 Å². The van der Waals surface area contributed by atoms with Gasteiger partial charge in [-0.1, -0.05) is 6.92 Å². The first-order valence-electron chi connectivity index (χ1n) is 7.84. The second-order valence-electron chi connectivity index (χ2n) is 6.16. The van der Waals surface area contributed by atoms with E-state index < -0.39 is 0 Å². The fraction of sp³-hybridized carbons (Fsp3) is 0.500. The molecule has 1 aromatic heterocycles. The van der Waals surface area contributed by atoms with Crippen LogP contribution in [0.15, 0.2) is 18.2 Å². The maximum atomic E-state index is 12.0. The van der Waals surface area contributed by atoms with Gasteiger partial charge >= 0.3 is 0 Å². The molecule has 2 aromatic rings. The van der Waals surface area contributed by atoms with E-state index in [0.29, 0.717) is 17.3 Å². The number of amides is 1. The zero-order valence-electron chi connectivity index (χ0n) is 14.8. The third-order valence-corrected chi connectivity index (χ3v) is 3.85. The molecule has 24 heavy (non-hydrogen) atoms. The number of nitrogens with zero attached hydrogens (tertiary/aromatic N) is 4. The summed E-state index contributed by atoms with van der Waals surface area (Å²) in [4.78, 5) is 12.0. The largest absolute Gasteiger partial charge is 0.494 e. The van der Waals surface area contributed by atoms with Crippen molar-refractivity contribution in [2.45, 2.75) is 39.7 Å². The molecule has 0 unspecified atom stereocenters. The van der Waals surface area contributed by atoms with Crippen molar-refractivity contribution in [3.8, 4) is 11.4 Å². The summed E-state index contributed by atoms with van der Waals surface area (Å²) in [6.45, 7) is 8.02. The highest BCUT2D eigenvalue weighted by atomic mass is 16.5. The highest BCUT2D eigenvalue weighted by Gasteiger charge is 2.17. The molecule has 2 rings (SSSR count). The average Bonchev–Trinajstić information content (AvgIpc) is 2.98. The molecule has 2 N–H and O–H groups in total. The monoisotopic (exact) mass is 332 g/mol. The molecule has 130 valence electrons. The van der Waals surface area contributed by atoms with Gasteiger partial charge in [-0.05, 0) is 55.8 Å². The van der Waals surface area contributed by atoms with E-state index in [1.165, 1.54) is 0 Å². The van der Waals surface area contributed by atoms with Crippen molar-refractivity contribution in [3.05, 3.63) is 24.0 Å². The summed E-state index contributed by atoms with van der Waals surface area (Å²) in [5.41, 5.74) is 1.28. The Morgan fingerprint density at radius 1 is 1.38 bits per heavy atom. The van der Waals surface area contributed by atoms with E-state index in [0.717, 1.165) is 12.1 Å². The Hall–Kier alpha value is -2.64. The lowest BCUT2D eigenvalue weighted by molar-refractivity contribution is -0.121. The summed E-state index contributed by atoms with van der Waals surface area (Å²) in [6.07, 6.45) is 0.865. The smallest absolute Gasteiger partial charge is 0.239 e. The van der Waals surface area contributed by atoms with Crippen LogP contribution >= 0.6 is 0 Å². The average molecular weight is 332 g/mol. The number of anilines is 1. The van der Waals surface area contributed by atoms with Gasteiger partial charge in [0.1, 0.15) is 11.4 Å². The van der Waals surface area contributed by atoms with E-state index in [-0.39, 0.29) is 18.0 Å². The molecule has 0 saturated carbocycles. The van der Waals surface area contributed by atoms with Gasteiger partial charge in [0.05, 0.1) is 13.7 Å². The lowest BCUT2D eigenvalue weighted by atomic mass is 10.0. The minimum Gasteiger partial charge on any atom is -0.494 e. The molecule has 1 aromatic carbocycles. The fourth-order valence-electron chi connectivity index (χ4n) is 2.11. The molecule has 0 aliphatic rings. The van der Waals surface area contributed by atoms with Gasteiger partial charge in [0, 0.05) is 11.2 Å². The first-order valence-corrected chi connectivity index (χ1v) is 7.84. The van der Waals surface area contributed by atoms with Gasteiger partial charge in [-0.25, -0.2) is 0 Å². The number of nitrogens with one attached hydrogen (secondary N) is 2. The number of carbonyl (C=O) groups excluding carboxylic acids is 1. The van der Waals surface area contributed by atoms with Gasteiger partial charge in [0.25, 0.3) is 0 Å². The number of aromatic nitrogens is 4. The van der Waals surface area contributed by atoms with Crippen LogP contribution in [0, 0.1) is 6.92 Å². The Labute approximate surface area is 141 Å². The van der Waals surface area contributed by atoms with Gasteiger partial charge in [0.15, 0.2) is 5.82 Å². The Bertz CT molecular complexity index is 710. The second-order valence-corrected chi connectivity index (χ2v) is 6.16. The first kappa shape index (κ1) is 17.7. The SMILES string of the molecule is CCC(C)(C)NC(=O)CNc1ccc(OC)c(-n2nnnc2C)c1. The molecule has 0 aliphatic heterocycles. The molecule has 0 aliphatic carbocycles. The Morgan fingerprint density at radius 2 is 2.12 bits per heavy atom. The number of methoxy groups -OCH3 is 1. The Morgan fingerprint density at radius 3 is 2.71 bits per heavy atom. The maximum absolute atomic E-state index is 12.0. The zero-order chi connectivity index (χ0) is 17.7. The van der Waals surface area contributed by atoms with E-state index in [1.807, 2.05) is 39.0 Å². The molecule has 0 spiro atoms. The summed E-state index contributed by atoms with van der Waals surface area (Å²) in [5.74, 6) is 1.23. The molecule has 0 bridgehead atoms. The molecule has 0 atom stereocenters. The van der Waals surface area contributed by atoms with Crippen molar-refractivity contribution < 1.29 is 9.53 Å². The van der Waals surface area contributed by atoms with Crippen LogP contribution in [0.25, 0.3) is 5.69 Å². The topological polar surface area (TPSA) is 94.0 Å². The number of carbonyl (C=O) groups is 1. The van der Waals surface area contributed by atoms with E-state index in [9.17, 15) is 4.79 Å². The third-order valence-electron chi connectivity index (χ3n) is 3.85. The summed E-state index contributed by atoms with van der Waals surface area (Å²) in [7, 11) is 1.59. The minimum absolute atomic E-state index is 0.0576. The quantitative estimate of drug-likeness (QED) is 0.801. The first-order chi connectivity index (χ1) is 11.4. The second kappa shape index (κ2) is 7.29. The van der Waals surface area contributed by atoms with Crippen LogP contribution in [0.3, 0.4) is 0 Å². The number of benzene rings is 1. The lowest BCUT2D eigenvalue weighted by Gasteiger charge is -2.24.